The average molecular weight is 815 g/mol. The number of piperazine rings is 1. The highest BCUT2D eigenvalue weighted by Crippen LogP contribution is 2.30. The number of imide groups is 1. The van der Waals surface area contributed by atoms with Crippen molar-refractivity contribution in [1.29, 1.82) is 0 Å². The van der Waals surface area contributed by atoms with E-state index in [9.17, 15) is 19.2 Å². The van der Waals surface area contributed by atoms with Gasteiger partial charge in [0.2, 0.25) is 11.8 Å². The highest BCUT2D eigenvalue weighted by atomic mass is 16.7. The fourth-order valence-corrected chi connectivity index (χ4v) is 7.73. The maximum Gasteiger partial charge on any atom is 0.328 e. The molecule has 3 saturated heterocycles. The molecule has 1 unspecified atom stereocenters. The molecule has 6 heterocycles. The third-order valence-electron chi connectivity index (χ3n) is 11.3. The van der Waals surface area contributed by atoms with Gasteiger partial charge in [-0.1, -0.05) is 32.9 Å². The van der Waals surface area contributed by atoms with Crippen LogP contribution in [0.4, 0.5) is 33.5 Å². The first kappa shape index (κ1) is 40.2. The van der Waals surface area contributed by atoms with Crippen LogP contribution in [0.5, 0.6) is 0 Å². The molecule has 3 fully saturated rings. The molecule has 0 spiro atoms. The fraction of sp³-hybridized carbons (Fsp3) is 0.395. The van der Waals surface area contributed by atoms with Crippen LogP contribution >= 0.6 is 0 Å². The van der Waals surface area contributed by atoms with Gasteiger partial charge in [0.15, 0.2) is 0 Å². The van der Waals surface area contributed by atoms with E-state index in [1.165, 1.54) is 6.33 Å². The summed E-state index contributed by atoms with van der Waals surface area (Å²) in [7, 11) is 0. The zero-order chi connectivity index (χ0) is 42.1. The first-order chi connectivity index (χ1) is 28.8. The van der Waals surface area contributed by atoms with Crippen LogP contribution in [0, 0.1) is 18.3 Å². The Kier molecular flexibility index (Phi) is 11.1. The second-order valence-electron chi connectivity index (χ2n) is 16.6. The van der Waals surface area contributed by atoms with Crippen molar-refractivity contribution in [2.75, 3.05) is 65.8 Å². The van der Waals surface area contributed by atoms with Gasteiger partial charge in [-0.25, -0.2) is 35.1 Å². The lowest BCUT2D eigenvalue weighted by Crippen LogP contribution is -2.58. The van der Waals surface area contributed by atoms with Crippen molar-refractivity contribution >= 4 is 58.3 Å². The van der Waals surface area contributed by atoms with Crippen LogP contribution in [0.15, 0.2) is 78.2 Å². The number of aryl methyl sites for hydroxylation is 1. The number of benzene rings is 2. The quantitative estimate of drug-likeness (QED) is 0.178. The molecule has 0 bridgehead atoms. The number of aliphatic imine (C=N–C) groups is 1. The van der Waals surface area contributed by atoms with Crippen molar-refractivity contribution in [2.45, 2.75) is 53.3 Å². The number of nitrogens with zero attached hydrogens (tertiary/aromatic N) is 8. The van der Waals surface area contributed by atoms with Crippen molar-refractivity contribution in [1.82, 2.24) is 36.0 Å². The minimum Gasteiger partial charge on any atom is -0.370 e. The lowest BCUT2D eigenvalue weighted by atomic mass is 9.95. The van der Waals surface area contributed by atoms with E-state index in [4.69, 9.17) is 4.84 Å². The lowest BCUT2D eigenvalue weighted by Gasteiger charge is -2.44. The minimum absolute atomic E-state index is 0.0515. The molecule has 2 aromatic carbocycles. The predicted octanol–water partition coefficient (Wildman–Crippen LogP) is 4.30. The van der Waals surface area contributed by atoms with Crippen LogP contribution in [0.3, 0.4) is 0 Å². The number of urea groups is 1. The van der Waals surface area contributed by atoms with Gasteiger partial charge in [0.1, 0.15) is 23.8 Å². The molecule has 60 heavy (non-hydrogen) atoms. The normalized spacial score (nSPS) is 18.9. The molecule has 312 valence electrons. The summed E-state index contributed by atoms with van der Waals surface area (Å²) in [6.45, 7) is 14.3. The maximum absolute atomic E-state index is 13.4. The number of aromatic nitrogens is 3. The van der Waals surface area contributed by atoms with E-state index in [0.717, 1.165) is 39.4 Å². The SMILES string of the molecule is Cc1cc(-c2cc(Nc3ccc(N4CCN(C(=O)C5CN(c6ccc(N7CCC(=O)NC7=O)cc6)C5)CC4)cn3)ncn2)ccc1[C@@H](C)NC(=O)C1N=C(C(C)(C)C)NO1. The van der Waals surface area contributed by atoms with Crippen molar-refractivity contribution < 1.29 is 24.0 Å². The summed E-state index contributed by atoms with van der Waals surface area (Å²) in [5.74, 6) is 1.45. The third kappa shape index (κ3) is 8.71. The van der Waals surface area contributed by atoms with Crippen LogP contribution in [-0.4, -0.2) is 101 Å². The average Bonchev–Trinajstić information content (AvgIpc) is 3.73. The van der Waals surface area contributed by atoms with Gasteiger partial charge in [-0.2, -0.15) is 0 Å². The number of rotatable bonds is 10. The second-order valence-corrected chi connectivity index (χ2v) is 16.6. The third-order valence-corrected chi connectivity index (χ3v) is 11.3. The van der Waals surface area contributed by atoms with E-state index in [1.54, 1.807) is 4.90 Å². The Balaban J connectivity index is 0.796. The number of hydrogen-bond acceptors (Lipinski definition) is 13. The standard InChI is InChI=1S/C43H50N12O5/c1-26-20-28(6-12-33(26)27(2)47-38(57)39-50-41(51-60-39)43(3,4)5)34-21-36(46-25-45-34)48-35-13-11-32(22-44-35)52-16-18-53(19-17-52)40(58)29-23-54(24-29)30-7-9-31(10-8-30)55-15-14-37(56)49-42(55)59/h6-13,20-22,25,27,29,39H,14-19,23-24H2,1-5H3,(H,47,57)(H,50,51)(H,49,56,59)(H,44,45,46,48)/t27-,39?/m1/s1. The Bertz CT molecular complexity index is 2300. The van der Waals surface area contributed by atoms with Crippen molar-refractivity contribution in [3.8, 4) is 11.3 Å². The fourth-order valence-electron chi connectivity index (χ4n) is 7.73. The van der Waals surface area contributed by atoms with Crippen molar-refractivity contribution in [3.63, 3.8) is 0 Å². The molecular formula is C43H50N12O5. The Hall–Kier alpha value is -6.62. The van der Waals surface area contributed by atoms with Crippen molar-refractivity contribution in [2.24, 2.45) is 16.3 Å². The van der Waals surface area contributed by atoms with E-state index in [2.05, 4.69) is 51.2 Å². The number of carbonyl (C=O) groups is 4. The molecule has 2 aromatic heterocycles. The summed E-state index contributed by atoms with van der Waals surface area (Å²) in [5, 5.41) is 8.66. The molecule has 17 heteroatoms. The molecule has 4 N–H and O–H groups in total. The van der Waals surface area contributed by atoms with Crippen LogP contribution in [0.25, 0.3) is 11.3 Å². The lowest BCUT2D eigenvalue weighted by molar-refractivity contribution is -0.136. The Labute approximate surface area is 348 Å². The molecule has 4 aliphatic rings. The topological polar surface area (TPSA) is 190 Å². The molecule has 8 rings (SSSR count). The van der Waals surface area contributed by atoms with Crippen LogP contribution in [-0.2, 0) is 19.2 Å². The molecule has 0 aliphatic carbocycles. The van der Waals surface area contributed by atoms with Gasteiger partial charge in [0, 0.05) is 80.7 Å². The van der Waals surface area contributed by atoms with Crippen LogP contribution < -0.4 is 36.1 Å². The first-order valence-corrected chi connectivity index (χ1v) is 20.3. The van der Waals surface area contributed by atoms with Gasteiger partial charge < -0.3 is 25.3 Å². The number of nitrogens with one attached hydrogen (secondary N) is 4. The minimum atomic E-state index is -0.938. The van der Waals surface area contributed by atoms with Gasteiger partial charge in [0.25, 0.3) is 12.1 Å². The van der Waals surface area contributed by atoms with E-state index in [1.807, 2.05) is 106 Å². The number of pyridine rings is 1. The van der Waals surface area contributed by atoms with Gasteiger partial charge in [-0.3, -0.25) is 24.6 Å². The Morgan fingerprint density at radius 3 is 2.25 bits per heavy atom. The molecule has 0 saturated carbocycles. The van der Waals surface area contributed by atoms with Crippen LogP contribution in [0.1, 0.15) is 51.3 Å². The van der Waals surface area contributed by atoms with E-state index in [-0.39, 0.29) is 41.5 Å². The predicted molar refractivity (Wildman–Crippen MR) is 228 cm³/mol. The first-order valence-electron chi connectivity index (χ1n) is 20.3. The largest absolute Gasteiger partial charge is 0.370 e. The van der Waals surface area contributed by atoms with E-state index < -0.39 is 12.3 Å². The number of carbonyl (C=O) groups excluding carboxylic acids is 4. The van der Waals surface area contributed by atoms with Gasteiger partial charge >= 0.3 is 6.03 Å². The highest BCUT2D eigenvalue weighted by Gasteiger charge is 2.37. The molecular weight excluding hydrogens is 765 g/mol. The molecule has 17 nitrogen and oxygen atoms in total. The van der Waals surface area contributed by atoms with Gasteiger partial charge in [-0.05, 0) is 67.4 Å². The zero-order valence-corrected chi connectivity index (χ0v) is 34.4. The number of anilines is 5. The number of amidine groups is 1. The summed E-state index contributed by atoms with van der Waals surface area (Å²) < 4.78 is 0. The van der Waals surface area contributed by atoms with Gasteiger partial charge in [-0.15, -0.1) is 0 Å². The molecule has 4 aliphatic heterocycles. The number of amides is 5. The molecule has 2 atom stereocenters. The summed E-state index contributed by atoms with van der Waals surface area (Å²) in [5.41, 5.74) is 8.88. The number of hydroxylamine groups is 1. The zero-order valence-electron chi connectivity index (χ0n) is 34.4. The van der Waals surface area contributed by atoms with E-state index >= 15 is 0 Å². The summed E-state index contributed by atoms with van der Waals surface area (Å²) in [6.07, 6.45) is 2.69. The molecule has 4 aromatic rings. The highest BCUT2D eigenvalue weighted by molar-refractivity contribution is 6.05. The molecule has 5 amide bonds. The van der Waals surface area contributed by atoms with E-state index in [0.29, 0.717) is 63.3 Å². The summed E-state index contributed by atoms with van der Waals surface area (Å²) in [6, 6.07) is 18.8. The molecule has 0 radical (unpaired) electrons. The number of hydrogen-bond donors (Lipinski definition) is 4. The van der Waals surface area contributed by atoms with Gasteiger partial charge in [0.05, 0.1) is 29.5 Å². The Morgan fingerprint density at radius 2 is 1.58 bits per heavy atom. The van der Waals surface area contributed by atoms with Crippen LogP contribution in [0.2, 0.25) is 0 Å². The monoisotopic (exact) mass is 814 g/mol. The van der Waals surface area contributed by atoms with Crippen molar-refractivity contribution in [3.05, 3.63) is 84.3 Å². The second kappa shape index (κ2) is 16.6. The summed E-state index contributed by atoms with van der Waals surface area (Å²) >= 11 is 0. The smallest absolute Gasteiger partial charge is 0.328 e. The summed E-state index contributed by atoms with van der Waals surface area (Å²) in [4.78, 5) is 81.3. The maximum atomic E-state index is 13.4. The Morgan fingerprint density at radius 1 is 0.850 bits per heavy atom.